The molecule has 1 aromatic carbocycles. The van der Waals surface area contributed by atoms with Crippen molar-refractivity contribution in [1.29, 1.82) is 0 Å². The number of nitrogens with zero attached hydrogens (tertiary/aromatic N) is 1. The molecule has 2 atom stereocenters. The number of morpholine rings is 1. The van der Waals surface area contributed by atoms with E-state index in [0.717, 1.165) is 17.4 Å². The minimum atomic E-state index is 0.0633. The molecule has 0 aliphatic carbocycles. The number of hydrogen-bond acceptors (Lipinski definition) is 4. The van der Waals surface area contributed by atoms with Gasteiger partial charge in [0.15, 0.2) is 5.78 Å². The average Bonchev–Trinajstić information content (AvgIpc) is 2.44. The molecule has 0 amide bonds. The zero-order chi connectivity index (χ0) is 15.4. The predicted molar refractivity (Wildman–Crippen MR) is 92.4 cm³/mol. The van der Waals surface area contributed by atoms with Crippen LogP contribution in [0, 0.1) is 0 Å². The van der Waals surface area contributed by atoms with Gasteiger partial charge in [-0.1, -0.05) is 35.6 Å². The average molecular weight is 344 g/mol. The highest BCUT2D eigenvalue weighted by Crippen LogP contribution is 2.18. The van der Waals surface area contributed by atoms with Crippen molar-refractivity contribution < 1.29 is 9.53 Å². The molecule has 0 N–H and O–H groups in total. The number of rotatable bonds is 3. The van der Waals surface area contributed by atoms with Crippen LogP contribution >= 0.6 is 35.6 Å². The largest absolute Gasteiger partial charge is 0.372 e. The highest BCUT2D eigenvalue weighted by atomic mass is 35.5. The number of benzene rings is 1. The minimum absolute atomic E-state index is 0.0633. The molecule has 0 bridgehead atoms. The van der Waals surface area contributed by atoms with Gasteiger partial charge in [0.1, 0.15) is 4.32 Å². The first-order valence-electron chi connectivity index (χ1n) is 6.81. The van der Waals surface area contributed by atoms with Crippen LogP contribution in [-0.4, -0.2) is 46.1 Å². The molecule has 114 valence electrons. The van der Waals surface area contributed by atoms with Gasteiger partial charge in [-0.15, -0.1) is 0 Å². The molecule has 1 aliphatic heterocycles. The first kappa shape index (κ1) is 16.7. The summed E-state index contributed by atoms with van der Waals surface area (Å²) in [6.07, 6.45) is 0.332. The Morgan fingerprint density at radius 2 is 1.90 bits per heavy atom. The van der Waals surface area contributed by atoms with Crippen molar-refractivity contribution in [3.8, 4) is 0 Å². The first-order chi connectivity index (χ1) is 9.95. The Labute approximate surface area is 140 Å². The monoisotopic (exact) mass is 343 g/mol. The van der Waals surface area contributed by atoms with Crippen LogP contribution < -0.4 is 0 Å². The van der Waals surface area contributed by atoms with Crippen LogP contribution in [0.3, 0.4) is 0 Å². The highest BCUT2D eigenvalue weighted by molar-refractivity contribution is 8.23. The summed E-state index contributed by atoms with van der Waals surface area (Å²) in [5.74, 6) is 0.411. The Hall–Kier alpha value is -0.620. The summed E-state index contributed by atoms with van der Waals surface area (Å²) in [5.41, 5.74) is 0.665. The molecule has 6 heteroatoms. The second-order valence-corrected chi connectivity index (χ2v) is 7.19. The first-order valence-corrected chi connectivity index (χ1v) is 8.59. The molecular weight excluding hydrogens is 326 g/mol. The molecule has 1 fully saturated rings. The second kappa shape index (κ2) is 7.58. The van der Waals surface area contributed by atoms with E-state index < -0.39 is 0 Å². The van der Waals surface area contributed by atoms with Gasteiger partial charge >= 0.3 is 0 Å². The van der Waals surface area contributed by atoms with Crippen LogP contribution in [0.25, 0.3) is 0 Å². The van der Waals surface area contributed by atoms with E-state index in [-0.39, 0.29) is 18.0 Å². The summed E-state index contributed by atoms with van der Waals surface area (Å²) in [5, 5.41) is 0.631. The van der Waals surface area contributed by atoms with Crippen molar-refractivity contribution >= 4 is 45.7 Å². The molecule has 21 heavy (non-hydrogen) atoms. The van der Waals surface area contributed by atoms with E-state index in [1.807, 2.05) is 13.8 Å². The van der Waals surface area contributed by atoms with Crippen LogP contribution in [0.4, 0.5) is 0 Å². The molecule has 0 aromatic heterocycles. The quantitative estimate of drug-likeness (QED) is 0.617. The van der Waals surface area contributed by atoms with Gasteiger partial charge in [0, 0.05) is 23.7 Å². The zero-order valence-electron chi connectivity index (χ0n) is 12.0. The van der Waals surface area contributed by atoms with Gasteiger partial charge in [0.2, 0.25) is 0 Å². The van der Waals surface area contributed by atoms with Crippen molar-refractivity contribution in [1.82, 2.24) is 4.90 Å². The minimum Gasteiger partial charge on any atom is -0.372 e. The molecule has 0 radical (unpaired) electrons. The summed E-state index contributed by atoms with van der Waals surface area (Å²) in [7, 11) is 0. The lowest BCUT2D eigenvalue weighted by molar-refractivity contribution is -0.0465. The van der Waals surface area contributed by atoms with E-state index in [1.54, 1.807) is 24.3 Å². The summed E-state index contributed by atoms with van der Waals surface area (Å²) in [6.45, 7) is 5.64. The number of ether oxygens (including phenoxy) is 1. The molecule has 2 rings (SSSR count). The maximum absolute atomic E-state index is 12.1. The molecule has 1 aliphatic rings. The number of thioether (sulfide) groups is 1. The smallest absolute Gasteiger partial charge is 0.173 e. The van der Waals surface area contributed by atoms with Crippen molar-refractivity contribution in [2.75, 3.05) is 18.8 Å². The van der Waals surface area contributed by atoms with Crippen molar-refractivity contribution in [3.63, 3.8) is 0 Å². The second-order valence-electron chi connectivity index (χ2n) is 5.15. The number of halogens is 1. The molecule has 0 unspecified atom stereocenters. The van der Waals surface area contributed by atoms with E-state index in [4.69, 9.17) is 28.6 Å². The van der Waals surface area contributed by atoms with E-state index in [9.17, 15) is 4.79 Å². The van der Waals surface area contributed by atoms with Gasteiger partial charge in [0.05, 0.1) is 18.0 Å². The lowest BCUT2D eigenvalue weighted by Crippen LogP contribution is -2.46. The normalized spacial score (nSPS) is 22.1. The fourth-order valence-electron chi connectivity index (χ4n) is 2.26. The van der Waals surface area contributed by atoms with Gasteiger partial charge in [-0.2, -0.15) is 0 Å². The fraction of sp³-hybridized carbons (Fsp3) is 0.467. The summed E-state index contributed by atoms with van der Waals surface area (Å²) >= 11 is 12.7. The number of hydrogen-bond donors (Lipinski definition) is 0. The summed E-state index contributed by atoms with van der Waals surface area (Å²) < 4.78 is 6.45. The lowest BCUT2D eigenvalue weighted by atomic mass is 10.1. The van der Waals surface area contributed by atoms with Crippen LogP contribution in [0.2, 0.25) is 5.02 Å². The lowest BCUT2D eigenvalue weighted by Gasteiger charge is -2.36. The maximum Gasteiger partial charge on any atom is 0.173 e. The van der Waals surface area contributed by atoms with Gasteiger partial charge in [-0.25, -0.2) is 0 Å². The van der Waals surface area contributed by atoms with Crippen LogP contribution in [0.5, 0.6) is 0 Å². The number of ketones is 1. The van der Waals surface area contributed by atoms with Crippen molar-refractivity contribution in [2.24, 2.45) is 0 Å². The molecule has 1 saturated heterocycles. The van der Waals surface area contributed by atoms with Crippen LogP contribution in [0.1, 0.15) is 24.2 Å². The Morgan fingerprint density at radius 3 is 2.48 bits per heavy atom. The Bertz CT molecular complexity index is 511. The van der Waals surface area contributed by atoms with Gasteiger partial charge in [0.25, 0.3) is 0 Å². The third-order valence-electron chi connectivity index (χ3n) is 3.17. The number of Topliss-reactive ketones (excluding diaryl/α,β-unsaturated/α-hetero) is 1. The summed E-state index contributed by atoms with van der Waals surface area (Å²) in [6, 6.07) is 6.94. The fourth-order valence-corrected chi connectivity index (χ4v) is 3.47. The molecule has 0 spiro atoms. The summed E-state index contributed by atoms with van der Waals surface area (Å²) in [4.78, 5) is 14.2. The highest BCUT2D eigenvalue weighted by Gasteiger charge is 2.24. The molecule has 1 heterocycles. The SMILES string of the molecule is C[C@H]1CN(C(=S)SCC(=O)c2ccc(Cl)cc2)C[C@H](C)O1. The van der Waals surface area contributed by atoms with E-state index in [1.165, 1.54) is 11.8 Å². The molecule has 1 aromatic rings. The van der Waals surface area contributed by atoms with Gasteiger partial charge in [-0.05, 0) is 38.1 Å². The molecule has 0 saturated carbocycles. The van der Waals surface area contributed by atoms with Crippen molar-refractivity contribution in [2.45, 2.75) is 26.1 Å². The number of carbonyl (C=O) groups is 1. The predicted octanol–water partition coefficient (Wildman–Crippen LogP) is 3.65. The Balaban J connectivity index is 1.86. The van der Waals surface area contributed by atoms with Gasteiger partial charge < -0.3 is 9.64 Å². The molecule has 3 nitrogen and oxygen atoms in total. The van der Waals surface area contributed by atoms with Gasteiger partial charge in [-0.3, -0.25) is 4.79 Å². The topological polar surface area (TPSA) is 29.5 Å². The third kappa shape index (κ3) is 4.95. The van der Waals surface area contributed by atoms with E-state index in [2.05, 4.69) is 4.90 Å². The Kier molecular flexibility index (Phi) is 6.05. The van der Waals surface area contributed by atoms with Crippen LogP contribution in [0.15, 0.2) is 24.3 Å². The molecular formula is C15H18ClNO2S2. The van der Waals surface area contributed by atoms with Crippen molar-refractivity contribution in [3.05, 3.63) is 34.9 Å². The van der Waals surface area contributed by atoms with Crippen LogP contribution in [-0.2, 0) is 4.74 Å². The van der Waals surface area contributed by atoms with E-state index in [0.29, 0.717) is 16.3 Å². The third-order valence-corrected chi connectivity index (χ3v) is 4.95. The standard InChI is InChI=1S/C15H18ClNO2S2/c1-10-7-17(8-11(2)19-10)15(20)21-9-14(18)12-3-5-13(16)6-4-12/h3-6,10-11H,7-9H2,1-2H3/t10-,11-/m0/s1. The Morgan fingerprint density at radius 1 is 1.33 bits per heavy atom. The van der Waals surface area contributed by atoms with E-state index >= 15 is 0 Å². The zero-order valence-corrected chi connectivity index (χ0v) is 14.4. The maximum atomic E-state index is 12.1. The number of thiocarbonyl (C=S) groups is 1. The number of carbonyl (C=O) groups excluding carboxylic acids is 1.